The molecule has 0 spiro atoms. The van der Waals surface area contributed by atoms with Crippen LogP contribution in [0, 0.1) is 0 Å². The quantitative estimate of drug-likeness (QED) is 0.666. The van der Waals surface area contributed by atoms with Crippen LogP contribution in [0.1, 0.15) is 33.6 Å². The Morgan fingerprint density at radius 1 is 1.75 bits per heavy atom. The molecule has 12 heavy (non-hydrogen) atoms. The van der Waals surface area contributed by atoms with Crippen LogP contribution >= 0.6 is 0 Å². The highest BCUT2D eigenvalue weighted by molar-refractivity contribution is 5.86. The normalized spacial score (nSPS) is 32.7. The van der Waals surface area contributed by atoms with Crippen LogP contribution in [0.5, 0.6) is 0 Å². The first-order valence-corrected chi connectivity index (χ1v) is 4.52. The summed E-state index contributed by atoms with van der Waals surface area (Å²) in [5, 5.41) is 9.59. The van der Waals surface area contributed by atoms with Gasteiger partial charge in [-0.2, -0.15) is 0 Å². The van der Waals surface area contributed by atoms with Crippen molar-refractivity contribution in [3.8, 4) is 0 Å². The maximum Gasteiger partial charge on any atom is 0.254 e. The molecule has 0 radical (unpaired) electrons. The van der Waals surface area contributed by atoms with Crippen LogP contribution in [0.4, 0.5) is 0 Å². The number of hydrogen-bond acceptors (Lipinski definition) is 2. The molecule has 70 valence electrons. The fraction of sp³-hybridized carbons (Fsp3) is 0.889. The molecule has 3 nitrogen and oxygen atoms in total. The summed E-state index contributed by atoms with van der Waals surface area (Å²) in [5.41, 5.74) is -1.11. The Bertz CT molecular complexity index is 189. The summed E-state index contributed by atoms with van der Waals surface area (Å²) in [6, 6.07) is 0.256. The smallest absolute Gasteiger partial charge is 0.254 e. The number of nitrogens with zero attached hydrogens (tertiary/aromatic N) is 1. The Kier molecular flexibility index (Phi) is 2.42. The molecule has 1 aliphatic rings. The summed E-state index contributed by atoms with van der Waals surface area (Å²) in [5.74, 6) is -0.114. The van der Waals surface area contributed by atoms with Crippen LogP contribution in [0.3, 0.4) is 0 Å². The summed E-state index contributed by atoms with van der Waals surface area (Å²) in [7, 11) is 0. The lowest BCUT2D eigenvalue weighted by atomic mass is 10.1. The largest absolute Gasteiger partial charge is 0.380 e. The summed E-state index contributed by atoms with van der Waals surface area (Å²) in [4.78, 5) is 13.3. The van der Waals surface area contributed by atoms with Gasteiger partial charge in [-0.05, 0) is 20.3 Å². The standard InChI is InChI=1S/C9H17NO2/c1-4-7(2)10-6-5-9(3,12)8(10)11/h7,12H,4-6H2,1-3H3. The second-order valence-electron chi connectivity index (χ2n) is 3.78. The molecular formula is C9H17NO2. The van der Waals surface area contributed by atoms with Gasteiger partial charge in [0.25, 0.3) is 5.91 Å². The highest BCUT2D eigenvalue weighted by Crippen LogP contribution is 2.24. The van der Waals surface area contributed by atoms with Crippen LogP contribution in [0.15, 0.2) is 0 Å². The Labute approximate surface area is 73.4 Å². The monoisotopic (exact) mass is 171 g/mol. The number of hydrogen-bond donors (Lipinski definition) is 1. The number of carbonyl (C=O) groups is 1. The zero-order valence-electron chi connectivity index (χ0n) is 8.00. The van der Waals surface area contributed by atoms with E-state index in [1.807, 2.05) is 13.8 Å². The highest BCUT2D eigenvalue weighted by Gasteiger charge is 2.42. The molecule has 0 aromatic carbocycles. The molecular weight excluding hydrogens is 154 g/mol. The second-order valence-corrected chi connectivity index (χ2v) is 3.78. The summed E-state index contributed by atoms with van der Waals surface area (Å²) in [6.45, 7) is 6.35. The lowest BCUT2D eigenvalue weighted by Crippen LogP contribution is -2.41. The van der Waals surface area contributed by atoms with Gasteiger partial charge in [0, 0.05) is 19.0 Å². The lowest BCUT2D eigenvalue weighted by molar-refractivity contribution is -0.143. The summed E-state index contributed by atoms with van der Waals surface area (Å²) < 4.78 is 0. The van der Waals surface area contributed by atoms with E-state index in [0.717, 1.165) is 6.42 Å². The molecule has 3 heteroatoms. The van der Waals surface area contributed by atoms with E-state index < -0.39 is 5.60 Å². The number of rotatable bonds is 2. The predicted molar refractivity (Wildman–Crippen MR) is 46.7 cm³/mol. The van der Waals surface area contributed by atoms with E-state index >= 15 is 0 Å². The van der Waals surface area contributed by atoms with Crippen LogP contribution < -0.4 is 0 Å². The fourth-order valence-electron chi connectivity index (χ4n) is 1.50. The number of amides is 1. The minimum absolute atomic E-state index is 0.114. The fourth-order valence-corrected chi connectivity index (χ4v) is 1.50. The maximum absolute atomic E-state index is 11.5. The third-order valence-corrected chi connectivity index (χ3v) is 2.68. The van der Waals surface area contributed by atoms with Gasteiger partial charge in [-0.1, -0.05) is 6.92 Å². The van der Waals surface area contributed by atoms with E-state index in [1.165, 1.54) is 0 Å². The van der Waals surface area contributed by atoms with Crippen molar-refractivity contribution in [2.45, 2.75) is 45.3 Å². The first-order valence-electron chi connectivity index (χ1n) is 4.52. The maximum atomic E-state index is 11.5. The number of carbonyl (C=O) groups excluding carboxylic acids is 1. The molecule has 2 atom stereocenters. The van der Waals surface area contributed by atoms with E-state index in [1.54, 1.807) is 11.8 Å². The Hall–Kier alpha value is -0.570. The second kappa shape index (κ2) is 3.05. The van der Waals surface area contributed by atoms with E-state index in [4.69, 9.17) is 0 Å². The Morgan fingerprint density at radius 3 is 2.67 bits per heavy atom. The third kappa shape index (κ3) is 1.46. The van der Waals surface area contributed by atoms with Gasteiger partial charge in [0.05, 0.1) is 0 Å². The molecule has 1 fully saturated rings. The molecule has 2 unspecified atom stereocenters. The molecule has 0 aromatic rings. The molecule has 1 N–H and O–H groups in total. The molecule has 0 aliphatic carbocycles. The number of likely N-dealkylation sites (tertiary alicyclic amines) is 1. The summed E-state index contributed by atoms with van der Waals surface area (Å²) >= 11 is 0. The van der Waals surface area contributed by atoms with Crippen molar-refractivity contribution < 1.29 is 9.90 Å². The topological polar surface area (TPSA) is 40.5 Å². The minimum atomic E-state index is -1.11. The third-order valence-electron chi connectivity index (χ3n) is 2.68. The van der Waals surface area contributed by atoms with E-state index in [9.17, 15) is 9.90 Å². The van der Waals surface area contributed by atoms with Crippen LogP contribution in [-0.2, 0) is 4.79 Å². The summed E-state index contributed by atoms with van der Waals surface area (Å²) in [6.07, 6.45) is 1.51. The zero-order chi connectivity index (χ0) is 9.35. The van der Waals surface area contributed by atoms with E-state index in [0.29, 0.717) is 13.0 Å². The average molecular weight is 171 g/mol. The van der Waals surface area contributed by atoms with E-state index in [2.05, 4.69) is 0 Å². The first kappa shape index (κ1) is 9.52. The Morgan fingerprint density at radius 2 is 2.33 bits per heavy atom. The van der Waals surface area contributed by atoms with Gasteiger partial charge in [-0.25, -0.2) is 0 Å². The van der Waals surface area contributed by atoms with Gasteiger partial charge in [-0.15, -0.1) is 0 Å². The Balaban J connectivity index is 2.67. The van der Waals surface area contributed by atoms with Crippen molar-refractivity contribution >= 4 is 5.91 Å². The molecule has 1 rings (SSSR count). The van der Waals surface area contributed by atoms with Crippen molar-refractivity contribution in [2.24, 2.45) is 0 Å². The molecule has 1 heterocycles. The van der Waals surface area contributed by atoms with Crippen molar-refractivity contribution in [3.05, 3.63) is 0 Å². The predicted octanol–water partition coefficient (Wildman–Crippen LogP) is 0.768. The van der Waals surface area contributed by atoms with Crippen molar-refractivity contribution in [1.29, 1.82) is 0 Å². The zero-order valence-corrected chi connectivity index (χ0v) is 8.00. The molecule has 1 aliphatic heterocycles. The van der Waals surface area contributed by atoms with Crippen LogP contribution in [0.25, 0.3) is 0 Å². The van der Waals surface area contributed by atoms with Gasteiger partial charge in [0.2, 0.25) is 0 Å². The molecule has 1 saturated heterocycles. The minimum Gasteiger partial charge on any atom is -0.380 e. The highest BCUT2D eigenvalue weighted by atomic mass is 16.3. The number of aliphatic hydroxyl groups is 1. The molecule has 0 saturated carbocycles. The van der Waals surface area contributed by atoms with E-state index in [-0.39, 0.29) is 11.9 Å². The van der Waals surface area contributed by atoms with Gasteiger partial charge >= 0.3 is 0 Å². The van der Waals surface area contributed by atoms with Crippen molar-refractivity contribution in [3.63, 3.8) is 0 Å². The van der Waals surface area contributed by atoms with Crippen LogP contribution in [0.2, 0.25) is 0 Å². The lowest BCUT2D eigenvalue weighted by Gasteiger charge is -2.24. The SMILES string of the molecule is CCC(C)N1CCC(C)(O)C1=O. The van der Waals surface area contributed by atoms with Crippen LogP contribution in [-0.4, -0.2) is 34.1 Å². The average Bonchev–Trinajstić information content (AvgIpc) is 2.27. The van der Waals surface area contributed by atoms with Crippen molar-refractivity contribution in [1.82, 2.24) is 4.90 Å². The van der Waals surface area contributed by atoms with Gasteiger partial charge in [0.15, 0.2) is 0 Å². The molecule has 0 aromatic heterocycles. The molecule has 0 bridgehead atoms. The van der Waals surface area contributed by atoms with Gasteiger partial charge in [-0.3, -0.25) is 4.79 Å². The van der Waals surface area contributed by atoms with Crippen molar-refractivity contribution in [2.75, 3.05) is 6.54 Å². The van der Waals surface area contributed by atoms with Gasteiger partial charge < -0.3 is 10.0 Å². The first-order chi connectivity index (χ1) is 5.49. The van der Waals surface area contributed by atoms with Gasteiger partial charge in [0.1, 0.15) is 5.60 Å². The molecule has 1 amide bonds.